The maximum absolute atomic E-state index is 11.9. The summed E-state index contributed by atoms with van der Waals surface area (Å²) < 4.78 is 5.33. The Labute approximate surface area is 136 Å². The van der Waals surface area contributed by atoms with Crippen LogP contribution in [-0.4, -0.2) is 31.1 Å². The normalized spacial score (nSPS) is 17.7. The summed E-state index contributed by atoms with van der Waals surface area (Å²) in [4.78, 5) is 23.2. The van der Waals surface area contributed by atoms with Crippen LogP contribution < -0.4 is 20.7 Å². The van der Waals surface area contributed by atoms with Crippen LogP contribution in [0.3, 0.4) is 0 Å². The quantitative estimate of drug-likeness (QED) is 0.796. The Morgan fingerprint density at radius 2 is 2.09 bits per heavy atom. The third-order valence-corrected chi connectivity index (χ3v) is 4.32. The number of ether oxygens (including phenoxy) is 1. The molecule has 1 aliphatic carbocycles. The fourth-order valence-electron chi connectivity index (χ4n) is 3.09. The van der Waals surface area contributed by atoms with Gasteiger partial charge in [-0.15, -0.1) is 0 Å². The van der Waals surface area contributed by atoms with Crippen LogP contribution in [0.25, 0.3) is 0 Å². The van der Waals surface area contributed by atoms with Gasteiger partial charge in [-0.2, -0.15) is 0 Å². The van der Waals surface area contributed by atoms with Gasteiger partial charge in [0.2, 0.25) is 0 Å². The second kappa shape index (κ2) is 7.35. The van der Waals surface area contributed by atoms with E-state index in [4.69, 9.17) is 4.74 Å². The number of carbonyl (C=O) groups is 2. The van der Waals surface area contributed by atoms with Gasteiger partial charge in [0.25, 0.3) is 5.91 Å². The van der Waals surface area contributed by atoms with Gasteiger partial charge in [-0.1, -0.05) is 25.3 Å². The van der Waals surface area contributed by atoms with Gasteiger partial charge in [0, 0.05) is 12.6 Å². The van der Waals surface area contributed by atoms with E-state index in [2.05, 4.69) is 16.0 Å². The molecule has 2 aliphatic rings. The van der Waals surface area contributed by atoms with Gasteiger partial charge in [-0.25, -0.2) is 4.79 Å². The molecule has 124 valence electrons. The van der Waals surface area contributed by atoms with Crippen LogP contribution in [0.15, 0.2) is 18.2 Å². The number of hydrogen-bond donors (Lipinski definition) is 3. The van der Waals surface area contributed by atoms with Crippen molar-refractivity contribution in [3.63, 3.8) is 0 Å². The first-order chi connectivity index (χ1) is 11.2. The lowest BCUT2D eigenvalue weighted by Crippen LogP contribution is -2.43. The van der Waals surface area contributed by atoms with E-state index >= 15 is 0 Å². The van der Waals surface area contributed by atoms with Gasteiger partial charge in [-0.3, -0.25) is 4.79 Å². The first-order valence-corrected chi connectivity index (χ1v) is 8.30. The summed E-state index contributed by atoms with van der Waals surface area (Å²) in [7, 11) is 0. The molecule has 1 fully saturated rings. The topological polar surface area (TPSA) is 79.5 Å². The third kappa shape index (κ3) is 4.37. The lowest BCUT2D eigenvalue weighted by molar-refractivity contribution is -0.118. The van der Waals surface area contributed by atoms with E-state index in [1.165, 1.54) is 19.3 Å². The Kier molecular flexibility index (Phi) is 5.00. The highest BCUT2D eigenvalue weighted by molar-refractivity contribution is 5.95. The van der Waals surface area contributed by atoms with Gasteiger partial charge in [-0.05, 0) is 37.0 Å². The van der Waals surface area contributed by atoms with E-state index < -0.39 is 0 Å². The Balaban J connectivity index is 1.44. The highest BCUT2D eigenvalue weighted by Crippen LogP contribution is 2.28. The summed E-state index contributed by atoms with van der Waals surface area (Å²) in [5.74, 6) is 0.552. The number of anilines is 1. The first kappa shape index (κ1) is 15.6. The Bertz CT molecular complexity index is 582. The molecule has 1 saturated carbocycles. The summed E-state index contributed by atoms with van der Waals surface area (Å²) >= 11 is 0. The van der Waals surface area contributed by atoms with Crippen molar-refractivity contribution in [3.8, 4) is 5.75 Å². The number of amides is 3. The molecule has 6 heteroatoms. The highest BCUT2D eigenvalue weighted by Gasteiger charge is 2.17. The molecule has 1 aromatic rings. The number of hydrogen-bond acceptors (Lipinski definition) is 3. The SMILES string of the molecule is O=C1COc2ccc(CCNC(=O)NC3CCCCC3)cc2N1. The number of fused-ring (bicyclic) bond motifs is 1. The van der Waals surface area contributed by atoms with Crippen LogP contribution in [-0.2, 0) is 11.2 Å². The minimum absolute atomic E-state index is 0.0647. The molecule has 1 heterocycles. The van der Waals surface area contributed by atoms with Crippen LogP contribution in [0.2, 0.25) is 0 Å². The molecule has 0 bridgehead atoms. The van der Waals surface area contributed by atoms with Crippen LogP contribution in [0.1, 0.15) is 37.7 Å². The van der Waals surface area contributed by atoms with Crippen molar-refractivity contribution < 1.29 is 14.3 Å². The molecule has 0 unspecified atom stereocenters. The van der Waals surface area contributed by atoms with Crippen molar-refractivity contribution in [3.05, 3.63) is 23.8 Å². The van der Waals surface area contributed by atoms with E-state index in [1.54, 1.807) is 0 Å². The predicted molar refractivity (Wildman–Crippen MR) is 87.7 cm³/mol. The Morgan fingerprint density at radius 1 is 1.26 bits per heavy atom. The van der Waals surface area contributed by atoms with Crippen molar-refractivity contribution in [1.29, 1.82) is 0 Å². The third-order valence-electron chi connectivity index (χ3n) is 4.32. The zero-order valence-electron chi connectivity index (χ0n) is 13.2. The van der Waals surface area contributed by atoms with Crippen molar-refractivity contribution in [2.75, 3.05) is 18.5 Å². The van der Waals surface area contributed by atoms with Crippen molar-refractivity contribution in [2.24, 2.45) is 0 Å². The maximum Gasteiger partial charge on any atom is 0.315 e. The molecule has 3 amide bonds. The molecular formula is C17H23N3O3. The number of nitrogens with one attached hydrogen (secondary N) is 3. The smallest absolute Gasteiger partial charge is 0.315 e. The average molecular weight is 317 g/mol. The molecule has 1 aliphatic heterocycles. The minimum Gasteiger partial charge on any atom is -0.482 e. The van der Waals surface area contributed by atoms with Crippen molar-refractivity contribution in [2.45, 2.75) is 44.6 Å². The number of urea groups is 1. The Hall–Kier alpha value is -2.24. The molecule has 23 heavy (non-hydrogen) atoms. The summed E-state index contributed by atoms with van der Waals surface area (Å²) in [6.07, 6.45) is 6.55. The molecular weight excluding hydrogens is 294 g/mol. The minimum atomic E-state index is -0.139. The van der Waals surface area contributed by atoms with Gasteiger partial charge < -0.3 is 20.7 Å². The average Bonchev–Trinajstić information content (AvgIpc) is 2.55. The summed E-state index contributed by atoms with van der Waals surface area (Å²) in [6.45, 7) is 0.626. The lowest BCUT2D eigenvalue weighted by Gasteiger charge is -2.23. The molecule has 3 rings (SSSR count). The van der Waals surface area contributed by atoms with E-state index in [9.17, 15) is 9.59 Å². The van der Waals surface area contributed by atoms with Gasteiger partial charge >= 0.3 is 6.03 Å². The molecule has 0 saturated heterocycles. The first-order valence-electron chi connectivity index (χ1n) is 8.30. The second-order valence-electron chi connectivity index (χ2n) is 6.15. The van der Waals surface area contributed by atoms with Crippen molar-refractivity contribution in [1.82, 2.24) is 10.6 Å². The largest absolute Gasteiger partial charge is 0.482 e. The van der Waals surface area contributed by atoms with E-state index in [1.807, 2.05) is 18.2 Å². The van der Waals surface area contributed by atoms with Crippen LogP contribution >= 0.6 is 0 Å². The fraction of sp³-hybridized carbons (Fsp3) is 0.529. The lowest BCUT2D eigenvalue weighted by atomic mass is 9.96. The monoisotopic (exact) mass is 317 g/mol. The standard InChI is InChI=1S/C17H23N3O3/c21-16-11-23-15-7-6-12(10-14(15)20-16)8-9-18-17(22)19-13-4-2-1-3-5-13/h6-7,10,13H,1-5,8-9,11H2,(H,20,21)(H2,18,19,22). The summed E-state index contributed by atoms with van der Waals surface area (Å²) in [6, 6.07) is 5.93. The number of rotatable bonds is 4. The molecule has 6 nitrogen and oxygen atoms in total. The highest BCUT2D eigenvalue weighted by atomic mass is 16.5. The summed E-state index contributed by atoms with van der Waals surface area (Å²) in [5, 5.41) is 8.72. The van der Waals surface area contributed by atoms with E-state index in [0.29, 0.717) is 30.4 Å². The maximum atomic E-state index is 11.9. The Morgan fingerprint density at radius 3 is 2.91 bits per heavy atom. The molecule has 1 aromatic carbocycles. The zero-order chi connectivity index (χ0) is 16.1. The zero-order valence-corrected chi connectivity index (χ0v) is 13.2. The van der Waals surface area contributed by atoms with Gasteiger partial charge in [0.1, 0.15) is 5.75 Å². The van der Waals surface area contributed by atoms with Gasteiger partial charge in [0.05, 0.1) is 5.69 Å². The molecule has 3 N–H and O–H groups in total. The van der Waals surface area contributed by atoms with Crippen molar-refractivity contribution >= 4 is 17.6 Å². The predicted octanol–water partition coefficient (Wildman–Crippen LogP) is 2.19. The van der Waals surface area contributed by atoms with Crippen LogP contribution in [0.4, 0.5) is 10.5 Å². The molecule has 0 atom stereocenters. The molecule has 0 radical (unpaired) electrons. The van der Waals surface area contributed by atoms with E-state index in [-0.39, 0.29) is 18.5 Å². The van der Waals surface area contributed by atoms with Crippen LogP contribution in [0, 0.1) is 0 Å². The number of carbonyl (C=O) groups excluding carboxylic acids is 2. The van der Waals surface area contributed by atoms with Gasteiger partial charge in [0.15, 0.2) is 6.61 Å². The molecule has 0 aromatic heterocycles. The number of benzene rings is 1. The summed E-state index contributed by atoms with van der Waals surface area (Å²) in [5.41, 5.74) is 1.75. The molecule has 0 spiro atoms. The second-order valence-corrected chi connectivity index (χ2v) is 6.15. The van der Waals surface area contributed by atoms with E-state index in [0.717, 1.165) is 18.4 Å². The van der Waals surface area contributed by atoms with Crippen LogP contribution in [0.5, 0.6) is 5.75 Å². The fourth-order valence-corrected chi connectivity index (χ4v) is 3.09.